The first-order valence-electron chi connectivity index (χ1n) is 3.52. The first-order valence-corrected chi connectivity index (χ1v) is 6.22. The summed E-state index contributed by atoms with van der Waals surface area (Å²) in [4.78, 5) is 10.8. The molecule has 0 aromatic rings. The average molecular weight is 209 g/mol. The minimum absolute atomic E-state index is 0.511. The summed E-state index contributed by atoms with van der Waals surface area (Å²) in [5.74, 6) is 0. The van der Waals surface area contributed by atoms with Crippen molar-refractivity contribution in [3.63, 3.8) is 0 Å². The zero-order valence-electron chi connectivity index (χ0n) is 6.96. The quantitative estimate of drug-likeness (QED) is 0.735. The molecule has 1 amide bonds. The van der Waals surface area contributed by atoms with Crippen molar-refractivity contribution < 1.29 is 13.2 Å². The molecule has 12 heavy (non-hydrogen) atoms. The van der Waals surface area contributed by atoms with E-state index in [1.165, 1.54) is 0 Å². The summed E-state index contributed by atoms with van der Waals surface area (Å²) in [6.45, 7) is 1.64. The van der Waals surface area contributed by atoms with Gasteiger partial charge in [-0.1, -0.05) is 11.8 Å². The molecular formula is C6H11NO3S2. The number of hydrogen-bond donors (Lipinski definition) is 1. The second kappa shape index (κ2) is 2.92. The first-order chi connectivity index (χ1) is 5.41. The van der Waals surface area contributed by atoms with E-state index in [1.54, 1.807) is 13.2 Å². The van der Waals surface area contributed by atoms with Crippen molar-refractivity contribution in [2.45, 2.75) is 24.5 Å². The van der Waals surface area contributed by atoms with Gasteiger partial charge in [-0.15, -0.1) is 0 Å². The lowest BCUT2D eigenvalue weighted by molar-refractivity contribution is 0.264. The Morgan fingerprint density at radius 3 is 2.33 bits per heavy atom. The Bertz CT molecular complexity index is 292. The lowest BCUT2D eigenvalue weighted by Crippen LogP contribution is -2.36. The Kier molecular flexibility index (Phi) is 2.40. The molecule has 0 aromatic carbocycles. The van der Waals surface area contributed by atoms with Crippen molar-refractivity contribution in [1.29, 1.82) is 0 Å². The van der Waals surface area contributed by atoms with Gasteiger partial charge in [0.05, 0.1) is 4.75 Å². The summed E-state index contributed by atoms with van der Waals surface area (Å²) in [6.07, 6.45) is 2.83. The van der Waals surface area contributed by atoms with Gasteiger partial charge >= 0.3 is 0 Å². The summed E-state index contributed by atoms with van der Waals surface area (Å²) in [5.41, 5.74) is 0. The Morgan fingerprint density at radius 2 is 2.00 bits per heavy atom. The second-order valence-corrected chi connectivity index (χ2v) is 6.02. The standard InChI is InChI=1S/C6H11NO3S2/c1-6(3-4-6)12(9,10)7-5(8)11-2/h3-4H2,1-2H3,(H,7,8). The molecule has 0 spiro atoms. The van der Waals surface area contributed by atoms with Gasteiger partial charge in [0.2, 0.25) is 10.0 Å². The maximum atomic E-state index is 11.3. The average Bonchev–Trinajstić information content (AvgIpc) is 2.68. The highest BCUT2D eigenvalue weighted by Crippen LogP contribution is 2.42. The van der Waals surface area contributed by atoms with E-state index in [4.69, 9.17) is 0 Å². The molecule has 1 fully saturated rings. The highest BCUT2D eigenvalue weighted by atomic mass is 32.2. The molecule has 1 saturated carbocycles. The molecule has 0 aliphatic heterocycles. The fourth-order valence-corrected chi connectivity index (χ4v) is 2.49. The SMILES string of the molecule is CSC(=O)NS(=O)(=O)C1(C)CC1. The van der Waals surface area contributed by atoms with Crippen molar-refractivity contribution in [2.75, 3.05) is 6.26 Å². The van der Waals surface area contributed by atoms with E-state index in [9.17, 15) is 13.2 Å². The van der Waals surface area contributed by atoms with Crippen molar-refractivity contribution in [1.82, 2.24) is 4.72 Å². The monoisotopic (exact) mass is 209 g/mol. The fraction of sp³-hybridized carbons (Fsp3) is 0.833. The molecule has 70 valence electrons. The molecule has 1 aliphatic carbocycles. The van der Waals surface area contributed by atoms with Crippen molar-refractivity contribution >= 4 is 27.0 Å². The molecule has 4 nitrogen and oxygen atoms in total. The van der Waals surface area contributed by atoms with E-state index >= 15 is 0 Å². The zero-order chi connectivity index (χ0) is 9.41. The van der Waals surface area contributed by atoms with Gasteiger partial charge in [-0.25, -0.2) is 13.1 Å². The van der Waals surface area contributed by atoms with Gasteiger partial charge < -0.3 is 0 Å². The number of carbonyl (C=O) groups excluding carboxylic acids is 1. The molecule has 0 heterocycles. The van der Waals surface area contributed by atoms with Gasteiger partial charge in [-0.2, -0.15) is 0 Å². The van der Waals surface area contributed by atoms with E-state index in [1.807, 2.05) is 4.72 Å². The van der Waals surface area contributed by atoms with Crippen LogP contribution in [0.5, 0.6) is 0 Å². The van der Waals surface area contributed by atoms with E-state index in [2.05, 4.69) is 0 Å². The van der Waals surface area contributed by atoms with E-state index in [-0.39, 0.29) is 0 Å². The highest BCUT2D eigenvalue weighted by Gasteiger charge is 2.50. The third-order valence-electron chi connectivity index (χ3n) is 2.01. The topological polar surface area (TPSA) is 63.2 Å². The number of sulfonamides is 1. The van der Waals surface area contributed by atoms with Crippen LogP contribution in [0.4, 0.5) is 4.79 Å². The molecule has 0 aromatic heterocycles. The number of amides is 1. The molecule has 0 saturated heterocycles. The Morgan fingerprint density at radius 1 is 1.50 bits per heavy atom. The molecule has 0 radical (unpaired) electrons. The van der Waals surface area contributed by atoms with Crippen LogP contribution in [0.25, 0.3) is 0 Å². The van der Waals surface area contributed by atoms with Gasteiger partial charge in [0.15, 0.2) is 0 Å². The molecule has 6 heteroatoms. The molecular weight excluding hydrogens is 198 g/mol. The van der Waals surface area contributed by atoms with E-state index < -0.39 is 20.0 Å². The minimum Gasteiger partial charge on any atom is -0.261 e. The molecule has 0 unspecified atom stereocenters. The van der Waals surface area contributed by atoms with Crippen LogP contribution in [-0.2, 0) is 10.0 Å². The second-order valence-electron chi connectivity index (χ2n) is 3.05. The van der Waals surface area contributed by atoms with Crippen LogP contribution < -0.4 is 4.72 Å². The summed E-state index contributed by atoms with van der Waals surface area (Å²) in [7, 11) is -3.42. The van der Waals surface area contributed by atoms with Crippen LogP contribution >= 0.6 is 11.8 Å². The van der Waals surface area contributed by atoms with Crippen LogP contribution in [0, 0.1) is 0 Å². The predicted octanol–water partition coefficient (Wildman–Crippen LogP) is 0.941. The first kappa shape index (κ1) is 9.85. The third kappa shape index (κ3) is 1.74. The normalized spacial score (nSPS) is 20.2. The van der Waals surface area contributed by atoms with Crippen molar-refractivity contribution in [3.05, 3.63) is 0 Å². The number of hydrogen-bond acceptors (Lipinski definition) is 4. The lowest BCUT2D eigenvalue weighted by atomic mass is 10.5. The number of nitrogens with one attached hydrogen (secondary N) is 1. The number of carbonyl (C=O) groups is 1. The minimum atomic E-state index is -3.42. The van der Waals surface area contributed by atoms with Crippen LogP contribution in [0.2, 0.25) is 0 Å². The van der Waals surface area contributed by atoms with Gasteiger partial charge in [-0.3, -0.25) is 4.79 Å². The van der Waals surface area contributed by atoms with Crippen molar-refractivity contribution in [2.24, 2.45) is 0 Å². The van der Waals surface area contributed by atoms with Crippen molar-refractivity contribution in [3.8, 4) is 0 Å². The van der Waals surface area contributed by atoms with E-state index in [0.717, 1.165) is 11.8 Å². The zero-order valence-corrected chi connectivity index (χ0v) is 8.59. The molecule has 1 rings (SSSR count). The van der Waals surface area contributed by atoms with Crippen LogP contribution in [0.1, 0.15) is 19.8 Å². The molecule has 1 N–H and O–H groups in total. The van der Waals surface area contributed by atoms with Crippen LogP contribution in [0.3, 0.4) is 0 Å². The van der Waals surface area contributed by atoms with Gasteiger partial charge in [0.1, 0.15) is 0 Å². The summed E-state index contributed by atoms with van der Waals surface area (Å²) in [6, 6.07) is 0. The summed E-state index contributed by atoms with van der Waals surface area (Å²) < 4.78 is 24.0. The largest absolute Gasteiger partial charge is 0.292 e. The molecule has 0 bridgehead atoms. The third-order valence-corrected chi connectivity index (χ3v) is 4.77. The lowest BCUT2D eigenvalue weighted by Gasteiger charge is -2.10. The summed E-state index contributed by atoms with van der Waals surface area (Å²) in [5, 5.41) is -0.511. The van der Waals surface area contributed by atoms with Crippen LogP contribution in [0.15, 0.2) is 0 Å². The molecule has 1 aliphatic rings. The van der Waals surface area contributed by atoms with Gasteiger partial charge in [0, 0.05) is 0 Å². The predicted molar refractivity (Wildman–Crippen MR) is 48.6 cm³/mol. The van der Waals surface area contributed by atoms with E-state index in [0.29, 0.717) is 12.8 Å². The fourth-order valence-electron chi connectivity index (χ4n) is 0.719. The Balaban J connectivity index is 2.68. The highest BCUT2D eigenvalue weighted by molar-refractivity contribution is 8.14. The molecule has 0 atom stereocenters. The summed E-state index contributed by atoms with van der Waals surface area (Å²) >= 11 is 0.866. The maximum absolute atomic E-state index is 11.3. The Hall–Kier alpha value is -0.230. The van der Waals surface area contributed by atoms with Crippen LogP contribution in [-0.4, -0.2) is 24.7 Å². The van der Waals surface area contributed by atoms with Gasteiger partial charge in [0.25, 0.3) is 5.24 Å². The Labute approximate surface area is 76.2 Å². The number of thioether (sulfide) groups is 1. The smallest absolute Gasteiger partial charge is 0.261 e. The van der Waals surface area contributed by atoms with Gasteiger partial charge in [-0.05, 0) is 26.0 Å². The number of rotatable bonds is 2. The maximum Gasteiger partial charge on any atom is 0.292 e.